The summed E-state index contributed by atoms with van der Waals surface area (Å²) in [5, 5.41) is 5.91. The van der Waals surface area contributed by atoms with Crippen LogP contribution in [0.5, 0.6) is 0 Å². The van der Waals surface area contributed by atoms with E-state index in [1.807, 2.05) is 31.2 Å². The zero-order valence-electron chi connectivity index (χ0n) is 15.0. The van der Waals surface area contributed by atoms with Gasteiger partial charge in [-0.3, -0.25) is 9.59 Å². The molecule has 0 spiro atoms. The van der Waals surface area contributed by atoms with Crippen molar-refractivity contribution in [2.75, 3.05) is 44.6 Å². The Morgan fingerprint density at radius 3 is 2.40 bits per heavy atom. The maximum absolute atomic E-state index is 12.5. The second-order valence-electron chi connectivity index (χ2n) is 6.65. The van der Waals surface area contributed by atoms with E-state index < -0.39 is 0 Å². The van der Waals surface area contributed by atoms with E-state index in [0.29, 0.717) is 6.54 Å². The molecule has 0 bridgehead atoms. The monoisotopic (exact) mass is 412 g/mol. The highest BCUT2D eigenvalue weighted by atomic mass is 79.9. The van der Waals surface area contributed by atoms with E-state index in [9.17, 15) is 9.59 Å². The molecule has 138 valence electrons. The highest BCUT2D eigenvalue weighted by Crippen LogP contribution is 2.14. The van der Waals surface area contributed by atoms with E-state index in [0.717, 1.165) is 49.3 Å². The Labute approximate surface area is 158 Å². The van der Waals surface area contributed by atoms with Gasteiger partial charge >= 0.3 is 0 Å². The molecule has 1 aromatic rings. The van der Waals surface area contributed by atoms with Crippen LogP contribution in [0.2, 0.25) is 0 Å². The number of nitrogens with one attached hydrogen (secondary N) is 4. The highest BCUT2D eigenvalue weighted by Gasteiger charge is 2.31. The molecule has 1 aliphatic rings. The molecule has 4 N–H and O–H groups in total. The Kier molecular flexibility index (Phi) is 7.87. The number of piperazine rings is 1. The summed E-state index contributed by atoms with van der Waals surface area (Å²) in [5.74, 6) is 0.169. The van der Waals surface area contributed by atoms with Crippen molar-refractivity contribution in [2.24, 2.45) is 0 Å². The van der Waals surface area contributed by atoms with Crippen molar-refractivity contribution in [3.05, 3.63) is 28.7 Å². The van der Waals surface area contributed by atoms with Gasteiger partial charge in [-0.25, -0.2) is 0 Å². The lowest BCUT2D eigenvalue weighted by atomic mass is 10.2. The molecule has 0 aromatic heterocycles. The second kappa shape index (κ2) is 9.89. The van der Waals surface area contributed by atoms with Crippen molar-refractivity contribution in [2.45, 2.75) is 26.3 Å². The Morgan fingerprint density at radius 1 is 1.16 bits per heavy atom. The minimum Gasteiger partial charge on any atom is -0.351 e. The molecule has 1 heterocycles. The minimum atomic E-state index is -0.0980. The van der Waals surface area contributed by atoms with Crippen LogP contribution < -0.4 is 20.4 Å². The van der Waals surface area contributed by atoms with Gasteiger partial charge in [0.2, 0.25) is 0 Å². The number of halogens is 1. The van der Waals surface area contributed by atoms with Crippen LogP contribution in [0.25, 0.3) is 0 Å². The number of carbonyl (C=O) groups is 2. The fourth-order valence-corrected chi connectivity index (χ4v) is 3.32. The van der Waals surface area contributed by atoms with Gasteiger partial charge in [-0.05, 0) is 37.6 Å². The number of hydrogen-bond donors (Lipinski definition) is 4. The number of benzene rings is 1. The molecule has 0 radical (unpaired) electrons. The Hall–Kier alpha value is -1.44. The smallest absolute Gasteiger partial charge is 0.282 e. The topological polar surface area (TPSA) is 67.1 Å². The van der Waals surface area contributed by atoms with Gasteiger partial charge in [-0.2, -0.15) is 0 Å². The summed E-state index contributed by atoms with van der Waals surface area (Å²) in [6, 6.07) is 7.51. The van der Waals surface area contributed by atoms with E-state index in [-0.39, 0.29) is 17.9 Å². The summed E-state index contributed by atoms with van der Waals surface area (Å²) in [7, 11) is 0. The predicted molar refractivity (Wildman–Crippen MR) is 102 cm³/mol. The molecular formula is C18H29BrN4O2+2. The summed E-state index contributed by atoms with van der Waals surface area (Å²) in [6.45, 7) is 8.97. The van der Waals surface area contributed by atoms with Crippen LogP contribution in [0, 0.1) is 0 Å². The number of amides is 2. The van der Waals surface area contributed by atoms with Crippen LogP contribution in [0.1, 0.15) is 20.3 Å². The van der Waals surface area contributed by atoms with Gasteiger partial charge in [-0.1, -0.05) is 22.9 Å². The first-order valence-corrected chi connectivity index (χ1v) is 9.80. The largest absolute Gasteiger partial charge is 0.351 e. The standard InChI is InChI=1S/C18H27BrN4O2/c1-3-8-20-17(24)13-22-9-11-23(12-10-22)14(2)18(25)21-16-6-4-15(19)5-7-16/h4-7,14H,3,8-13H2,1-2H3,(H,20,24)(H,21,25)/p+2/t14-/m1/s1. The summed E-state index contributed by atoms with van der Waals surface area (Å²) in [6.07, 6.45) is 0.962. The number of quaternary nitrogens is 2. The number of carbonyl (C=O) groups excluding carboxylic acids is 2. The first-order chi connectivity index (χ1) is 12.0. The Morgan fingerprint density at radius 2 is 1.80 bits per heavy atom. The van der Waals surface area contributed by atoms with E-state index in [1.54, 1.807) is 0 Å². The third kappa shape index (κ3) is 6.41. The second-order valence-corrected chi connectivity index (χ2v) is 7.57. The minimum absolute atomic E-state index is 0.0430. The lowest BCUT2D eigenvalue weighted by molar-refractivity contribution is -1.01. The molecule has 1 aromatic carbocycles. The van der Waals surface area contributed by atoms with Crippen LogP contribution in [0.4, 0.5) is 5.69 Å². The molecule has 1 aliphatic heterocycles. The molecule has 2 rings (SSSR count). The van der Waals surface area contributed by atoms with Gasteiger partial charge in [-0.15, -0.1) is 0 Å². The predicted octanol–water partition coefficient (Wildman–Crippen LogP) is -0.914. The Balaban J connectivity index is 1.76. The van der Waals surface area contributed by atoms with Gasteiger partial charge < -0.3 is 20.4 Å². The maximum Gasteiger partial charge on any atom is 0.282 e. The van der Waals surface area contributed by atoms with Crippen molar-refractivity contribution in [1.29, 1.82) is 0 Å². The molecule has 6 nitrogen and oxygen atoms in total. The zero-order chi connectivity index (χ0) is 18.2. The van der Waals surface area contributed by atoms with Crippen molar-refractivity contribution >= 4 is 33.4 Å². The lowest BCUT2D eigenvalue weighted by Crippen LogP contribution is -3.30. The van der Waals surface area contributed by atoms with Crippen molar-refractivity contribution in [3.8, 4) is 0 Å². The Bertz CT molecular complexity index is 571. The molecule has 2 amide bonds. The van der Waals surface area contributed by atoms with Gasteiger partial charge in [0.25, 0.3) is 11.8 Å². The fraction of sp³-hybridized carbons (Fsp3) is 0.556. The third-order valence-electron chi connectivity index (χ3n) is 4.70. The molecular weight excluding hydrogens is 384 g/mol. The maximum atomic E-state index is 12.5. The van der Waals surface area contributed by atoms with E-state index in [4.69, 9.17) is 0 Å². The lowest BCUT2D eigenvalue weighted by Gasteiger charge is -2.32. The molecule has 0 unspecified atom stereocenters. The van der Waals surface area contributed by atoms with Crippen LogP contribution in [0.3, 0.4) is 0 Å². The highest BCUT2D eigenvalue weighted by molar-refractivity contribution is 9.10. The molecule has 0 aliphatic carbocycles. The van der Waals surface area contributed by atoms with Gasteiger partial charge in [0.1, 0.15) is 26.2 Å². The van der Waals surface area contributed by atoms with E-state index >= 15 is 0 Å². The normalized spacial score (nSPS) is 21.4. The fourth-order valence-electron chi connectivity index (χ4n) is 3.06. The van der Waals surface area contributed by atoms with Crippen molar-refractivity contribution in [3.63, 3.8) is 0 Å². The van der Waals surface area contributed by atoms with Gasteiger partial charge in [0, 0.05) is 16.7 Å². The van der Waals surface area contributed by atoms with Gasteiger partial charge in [0.05, 0.1) is 0 Å². The van der Waals surface area contributed by atoms with Gasteiger partial charge in [0.15, 0.2) is 12.6 Å². The quantitative estimate of drug-likeness (QED) is 0.468. The third-order valence-corrected chi connectivity index (χ3v) is 5.23. The molecule has 1 fully saturated rings. The first-order valence-electron chi connectivity index (χ1n) is 9.01. The van der Waals surface area contributed by atoms with E-state index in [1.165, 1.54) is 9.80 Å². The van der Waals surface area contributed by atoms with Crippen LogP contribution in [-0.2, 0) is 9.59 Å². The number of anilines is 1. The zero-order valence-corrected chi connectivity index (χ0v) is 16.6. The van der Waals surface area contributed by atoms with Crippen molar-refractivity contribution in [1.82, 2.24) is 5.32 Å². The SMILES string of the molecule is CCCNC(=O)C[NH+]1CC[NH+]([C@H](C)C(=O)Nc2ccc(Br)cc2)CC1. The summed E-state index contributed by atoms with van der Waals surface area (Å²) < 4.78 is 0.992. The number of rotatable bonds is 7. The van der Waals surface area contributed by atoms with Crippen molar-refractivity contribution < 1.29 is 19.4 Å². The van der Waals surface area contributed by atoms with Crippen LogP contribution in [-0.4, -0.2) is 57.1 Å². The first kappa shape index (κ1) is 19.9. The summed E-state index contributed by atoms with van der Waals surface area (Å²) in [5.41, 5.74) is 0.816. The molecule has 7 heteroatoms. The molecule has 25 heavy (non-hydrogen) atoms. The number of hydrogen-bond acceptors (Lipinski definition) is 2. The summed E-state index contributed by atoms with van der Waals surface area (Å²) >= 11 is 3.39. The van der Waals surface area contributed by atoms with Crippen LogP contribution in [0.15, 0.2) is 28.7 Å². The average molecular weight is 413 g/mol. The molecule has 1 saturated heterocycles. The van der Waals surface area contributed by atoms with Crippen LogP contribution >= 0.6 is 15.9 Å². The summed E-state index contributed by atoms with van der Waals surface area (Å²) in [4.78, 5) is 26.9. The average Bonchev–Trinajstić information content (AvgIpc) is 2.62. The molecule has 1 atom stereocenters. The molecule has 0 saturated carbocycles. The van der Waals surface area contributed by atoms with E-state index in [2.05, 4.69) is 33.5 Å².